The van der Waals surface area contributed by atoms with Crippen LogP contribution in [0.15, 0.2) is 53.7 Å². The molecular formula is C20H21ClN2O2. The molecule has 1 saturated heterocycles. The maximum Gasteiger partial charge on any atom is 0.147 e. The first kappa shape index (κ1) is 16.4. The highest BCUT2D eigenvalue weighted by atomic mass is 35.5. The van der Waals surface area contributed by atoms with Crippen molar-refractivity contribution in [1.29, 1.82) is 0 Å². The topological polar surface area (TPSA) is 45.1 Å². The van der Waals surface area contributed by atoms with Gasteiger partial charge in [-0.3, -0.25) is 4.90 Å². The number of fused-ring (bicyclic) bond motifs is 1. The summed E-state index contributed by atoms with van der Waals surface area (Å²) in [5, 5.41) is 13.6. The van der Waals surface area contributed by atoms with Crippen LogP contribution in [0.4, 0.5) is 0 Å². The van der Waals surface area contributed by atoms with Crippen LogP contribution in [0.5, 0.6) is 5.75 Å². The van der Waals surface area contributed by atoms with E-state index in [1.165, 1.54) is 5.56 Å². The summed E-state index contributed by atoms with van der Waals surface area (Å²) in [6, 6.07) is 16.1. The molecular weight excluding hydrogens is 336 g/mol. The third-order valence-electron chi connectivity index (χ3n) is 5.22. The SMILES string of the molecule is O/N=C1\CC2(CCN(Cc3ccccc3)CC2)Oc2c(Cl)cccc21. The maximum atomic E-state index is 9.47. The van der Waals surface area contributed by atoms with E-state index in [1.54, 1.807) is 0 Å². The first-order chi connectivity index (χ1) is 12.2. The zero-order valence-electron chi connectivity index (χ0n) is 14.0. The van der Waals surface area contributed by atoms with Gasteiger partial charge in [-0.15, -0.1) is 0 Å². The number of halogens is 1. The van der Waals surface area contributed by atoms with Crippen molar-refractivity contribution >= 4 is 17.3 Å². The van der Waals surface area contributed by atoms with Crippen molar-refractivity contribution in [3.63, 3.8) is 0 Å². The molecule has 5 heteroatoms. The van der Waals surface area contributed by atoms with Crippen LogP contribution in [0.1, 0.15) is 30.4 Å². The lowest BCUT2D eigenvalue weighted by Crippen LogP contribution is -2.51. The van der Waals surface area contributed by atoms with Crippen LogP contribution >= 0.6 is 11.6 Å². The summed E-state index contributed by atoms with van der Waals surface area (Å²) in [4.78, 5) is 2.45. The Bertz CT molecular complexity index is 784. The highest BCUT2D eigenvalue weighted by Crippen LogP contribution is 2.43. The molecule has 25 heavy (non-hydrogen) atoms. The monoisotopic (exact) mass is 356 g/mol. The quantitative estimate of drug-likeness (QED) is 0.643. The maximum absolute atomic E-state index is 9.47. The second-order valence-corrected chi connectivity index (χ2v) is 7.29. The van der Waals surface area contributed by atoms with Crippen molar-refractivity contribution in [2.75, 3.05) is 13.1 Å². The van der Waals surface area contributed by atoms with Crippen molar-refractivity contribution < 1.29 is 9.94 Å². The van der Waals surface area contributed by atoms with Gasteiger partial charge < -0.3 is 9.94 Å². The number of piperidine rings is 1. The zero-order chi connectivity index (χ0) is 17.3. The second-order valence-electron chi connectivity index (χ2n) is 6.89. The first-order valence-corrected chi connectivity index (χ1v) is 9.02. The van der Waals surface area contributed by atoms with Crippen molar-refractivity contribution in [3.8, 4) is 5.75 Å². The molecule has 0 bridgehead atoms. The number of benzene rings is 2. The molecule has 0 amide bonds. The van der Waals surface area contributed by atoms with Gasteiger partial charge in [0.2, 0.25) is 0 Å². The van der Waals surface area contributed by atoms with Crippen molar-refractivity contribution in [2.24, 2.45) is 5.16 Å². The molecule has 0 saturated carbocycles. The second kappa shape index (κ2) is 6.70. The van der Waals surface area contributed by atoms with Crippen LogP contribution in [0.25, 0.3) is 0 Å². The van der Waals surface area contributed by atoms with Gasteiger partial charge in [0.15, 0.2) is 0 Å². The molecule has 0 aromatic heterocycles. The molecule has 0 atom stereocenters. The van der Waals surface area contributed by atoms with Crippen molar-refractivity contribution in [3.05, 3.63) is 64.7 Å². The minimum Gasteiger partial charge on any atom is -0.485 e. The van der Waals surface area contributed by atoms with Crippen molar-refractivity contribution in [2.45, 2.75) is 31.4 Å². The van der Waals surface area contributed by atoms with Crippen LogP contribution in [-0.4, -0.2) is 34.5 Å². The number of likely N-dealkylation sites (tertiary alicyclic amines) is 1. The molecule has 2 aromatic carbocycles. The van der Waals surface area contributed by atoms with Gasteiger partial charge in [0.25, 0.3) is 0 Å². The summed E-state index contributed by atoms with van der Waals surface area (Å²) >= 11 is 6.33. The van der Waals surface area contributed by atoms with Crippen LogP contribution in [0.2, 0.25) is 5.02 Å². The summed E-state index contributed by atoms with van der Waals surface area (Å²) in [6.45, 7) is 2.86. The molecule has 1 fully saturated rings. The molecule has 2 heterocycles. The summed E-state index contributed by atoms with van der Waals surface area (Å²) < 4.78 is 6.37. The van der Waals surface area contributed by atoms with Crippen LogP contribution in [-0.2, 0) is 6.54 Å². The van der Waals surface area contributed by atoms with E-state index in [2.05, 4.69) is 34.3 Å². The average Bonchev–Trinajstić information content (AvgIpc) is 2.65. The molecule has 1 spiro atoms. The lowest BCUT2D eigenvalue weighted by Gasteiger charge is -2.44. The third-order valence-corrected chi connectivity index (χ3v) is 5.52. The molecule has 2 aliphatic rings. The number of para-hydroxylation sites is 1. The molecule has 0 aliphatic carbocycles. The van der Waals surface area contributed by atoms with E-state index in [9.17, 15) is 5.21 Å². The fourth-order valence-corrected chi connectivity index (χ4v) is 4.03. The lowest BCUT2D eigenvalue weighted by atomic mass is 9.82. The average molecular weight is 357 g/mol. The molecule has 2 aliphatic heterocycles. The lowest BCUT2D eigenvalue weighted by molar-refractivity contribution is 0.000505. The third kappa shape index (κ3) is 3.24. The van der Waals surface area contributed by atoms with Crippen LogP contribution in [0.3, 0.4) is 0 Å². The van der Waals surface area contributed by atoms with Gasteiger partial charge in [-0.2, -0.15) is 0 Å². The molecule has 0 radical (unpaired) electrons. The van der Waals surface area contributed by atoms with E-state index in [0.29, 0.717) is 22.9 Å². The Balaban J connectivity index is 1.50. The fraction of sp³-hybridized carbons (Fsp3) is 0.350. The number of ether oxygens (including phenoxy) is 1. The van der Waals surface area contributed by atoms with E-state index in [-0.39, 0.29) is 5.60 Å². The predicted octanol–water partition coefficient (Wildman–Crippen LogP) is 4.34. The van der Waals surface area contributed by atoms with Gasteiger partial charge in [-0.1, -0.05) is 53.2 Å². The fourth-order valence-electron chi connectivity index (χ4n) is 3.82. The van der Waals surface area contributed by atoms with Gasteiger partial charge >= 0.3 is 0 Å². The molecule has 0 unspecified atom stereocenters. The zero-order valence-corrected chi connectivity index (χ0v) is 14.7. The van der Waals surface area contributed by atoms with Crippen molar-refractivity contribution in [1.82, 2.24) is 4.90 Å². The summed E-state index contributed by atoms with van der Waals surface area (Å²) in [7, 11) is 0. The minimum atomic E-state index is -0.327. The normalized spacial score (nSPS) is 21.1. The van der Waals surface area contributed by atoms with E-state index < -0.39 is 0 Å². The van der Waals surface area contributed by atoms with E-state index >= 15 is 0 Å². The number of nitrogens with zero attached hydrogens (tertiary/aromatic N) is 2. The molecule has 130 valence electrons. The van der Waals surface area contributed by atoms with E-state index in [4.69, 9.17) is 16.3 Å². The number of hydrogen-bond donors (Lipinski definition) is 1. The molecule has 4 rings (SSSR count). The minimum absolute atomic E-state index is 0.327. The number of oxime groups is 1. The first-order valence-electron chi connectivity index (χ1n) is 8.64. The highest BCUT2D eigenvalue weighted by molar-refractivity contribution is 6.33. The number of rotatable bonds is 2. The highest BCUT2D eigenvalue weighted by Gasteiger charge is 2.42. The van der Waals surface area contributed by atoms with Crippen LogP contribution < -0.4 is 4.74 Å². The Labute approximate surface area is 152 Å². The Morgan fingerprint density at radius 2 is 1.84 bits per heavy atom. The summed E-state index contributed by atoms with van der Waals surface area (Å²) in [5.41, 5.74) is 2.47. The van der Waals surface area contributed by atoms with Gasteiger partial charge in [0.05, 0.1) is 10.7 Å². The van der Waals surface area contributed by atoms with Crippen LogP contribution in [0, 0.1) is 0 Å². The molecule has 2 aromatic rings. The smallest absolute Gasteiger partial charge is 0.147 e. The standard InChI is InChI=1S/C20H21ClN2O2/c21-17-8-4-7-16-18(22-24)13-20(25-19(16)17)9-11-23(12-10-20)14-15-5-2-1-3-6-15/h1-8,24H,9-14H2/b22-18+. The Morgan fingerprint density at radius 3 is 2.56 bits per heavy atom. The summed E-state index contributed by atoms with van der Waals surface area (Å²) in [6.07, 6.45) is 2.41. The summed E-state index contributed by atoms with van der Waals surface area (Å²) in [5.74, 6) is 0.653. The van der Waals surface area contributed by atoms with Gasteiger partial charge in [0.1, 0.15) is 11.4 Å². The predicted molar refractivity (Wildman–Crippen MR) is 98.7 cm³/mol. The molecule has 1 N–H and O–H groups in total. The van der Waals surface area contributed by atoms with E-state index in [1.807, 2.05) is 24.3 Å². The van der Waals surface area contributed by atoms with E-state index in [0.717, 1.165) is 38.0 Å². The number of hydrogen-bond acceptors (Lipinski definition) is 4. The Morgan fingerprint density at radius 1 is 1.08 bits per heavy atom. The molecule has 4 nitrogen and oxygen atoms in total. The van der Waals surface area contributed by atoms with Gasteiger partial charge in [-0.25, -0.2) is 0 Å². The Hall–Kier alpha value is -2.04. The van der Waals surface area contributed by atoms with Gasteiger partial charge in [-0.05, 0) is 17.7 Å². The largest absolute Gasteiger partial charge is 0.485 e. The van der Waals surface area contributed by atoms with Gasteiger partial charge in [0, 0.05) is 44.5 Å². The Kier molecular flexibility index (Phi) is 4.40.